The first-order valence-corrected chi connectivity index (χ1v) is 13.8. The van der Waals surface area contributed by atoms with Gasteiger partial charge in [-0.15, -0.1) is 0 Å². The van der Waals surface area contributed by atoms with Gasteiger partial charge in [-0.25, -0.2) is 14.5 Å². The van der Waals surface area contributed by atoms with E-state index >= 15 is 0 Å². The molecule has 0 bridgehead atoms. The first kappa shape index (κ1) is 24.9. The molecule has 2 saturated heterocycles. The van der Waals surface area contributed by atoms with Gasteiger partial charge in [0.2, 0.25) is 0 Å². The van der Waals surface area contributed by atoms with Crippen molar-refractivity contribution >= 4 is 11.6 Å². The van der Waals surface area contributed by atoms with Crippen molar-refractivity contribution in [3.05, 3.63) is 70.9 Å². The van der Waals surface area contributed by atoms with Crippen LogP contribution in [0.5, 0.6) is 0 Å². The molecule has 0 spiro atoms. The summed E-state index contributed by atoms with van der Waals surface area (Å²) in [5.41, 5.74) is 7.30. The van der Waals surface area contributed by atoms with Crippen LogP contribution in [0.1, 0.15) is 34.8 Å². The maximum atomic E-state index is 4.86. The van der Waals surface area contributed by atoms with Gasteiger partial charge in [-0.2, -0.15) is 10.1 Å². The molecule has 1 atom stereocenters. The van der Waals surface area contributed by atoms with E-state index in [1.807, 2.05) is 17.6 Å². The van der Waals surface area contributed by atoms with E-state index in [1.54, 1.807) is 0 Å². The largest absolute Gasteiger partial charge is 0.356 e. The highest BCUT2D eigenvalue weighted by atomic mass is 15.3. The van der Waals surface area contributed by atoms with E-state index in [-0.39, 0.29) is 0 Å². The summed E-state index contributed by atoms with van der Waals surface area (Å²) in [5, 5.41) is 4.54. The molecule has 38 heavy (non-hydrogen) atoms. The summed E-state index contributed by atoms with van der Waals surface area (Å²) in [6.45, 7) is 13.8. The van der Waals surface area contributed by atoms with Crippen molar-refractivity contribution in [2.75, 3.05) is 51.2 Å². The zero-order valence-electron chi connectivity index (χ0n) is 23.1. The SMILES string of the molecule is Cc1nc2nc(C)c(C[C@@H]3CCN(c4ccc(-c5ccc(CN6CCN(C)CC6)cc5)cn4)C3)c(C)n2n1. The molecule has 2 aliphatic heterocycles. The monoisotopic (exact) mass is 510 g/mol. The van der Waals surface area contributed by atoms with E-state index in [0.29, 0.717) is 11.7 Å². The van der Waals surface area contributed by atoms with Gasteiger partial charge in [-0.1, -0.05) is 24.3 Å². The quantitative estimate of drug-likeness (QED) is 0.389. The summed E-state index contributed by atoms with van der Waals surface area (Å²) in [6, 6.07) is 13.4. The molecular weight excluding hydrogens is 472 g/mol. The lowest BCUT2D eigenvalue weighted by molar-refractivity contribution is 0.148. The lowest BCUT2D eigenvalue weighted by Crippen LogP contribution is -2.43. The number of pyridine rings is 1. The van der Waals surface area contributed by atoms with Crippen molar-refractivity contribution in [3.63, 3.8) is 0 Å². The highest BCUT2D eigenvalue weighted by Crippen LogP contribution is 2.28. The van der Waals surface area contributed by atoms with Crippen LogP contribution in [0.4, 0.5) is 5.82 Å². The molecule has 2 fully saturated rings. The molecule has 4 aromatic rings. The number of anilines is 1. The first-order chi connectivity index (χ1) is 18.4. The third-order valence-corrected chi connectivity index (χ3v) is 8.29. The van der Waals surface area contributed by atoms with E-state index in [4.69, 9.17) is 9.97 Å². The van der Waals surface area contributed by atoms with Crippen LogP contribution in [0.15, 0.2) is 42.6 Å². The third-order valence-electron chi connectivity index (χ3n) is 8.29. The number of fused-ring (bicyclic) bond motifs is 1. The lowest BCUT2D eigenvalue weighted by atomic mass is 9.96. The molecule has 5 heterocycles. The Morgan fingerprint density at radius 2 is 1.63 bits per heavy atom. The van der Waals surface area contributed by atoms with Crippen LogP contribution < -0.4 is 4.90 Å². The maximum absolute atomic E-state index is 4.86. The van der Waals surface area contributed by atoms with Gasteiger partial charge in [0.05, 0.1) is 0 Å². The Labute approximate surface area is 225 Å². The maximum Gasteiger partial charge on any atom is 0.252 e. The number of nitrogens with zero attached hydrogens (tertiary/aromatic N) is 8. The van der Waals surface area contributed by atoms with E-state index in [9.17, 15) is 0 Å². The minimum atomic E-state index is 0.575. The first-order valence-electron chi connectivity index (χ1n) is 13.8. The summed E-state index contributed by atoms with van der Waals surface area (Å²) >= 11 is 0. The summed E-state index contributed by atoms with van der Waals surface area (Å²) in [4.78, 5) is 21.4. The fourth-order valence-electron chi connectivity index (χ4n) is 5.91. The van der Waals surface area contributed by atoms with Gasteiger partial charge < -0.3 is 9.80 Å². The smallest absolute Gasteiger partial charge is 0.252 e. The van der Waals surface area contributed by atoms with Gasteiger partial charge >= 0.3 is 0 Å². The van der Waals surface area contributed by atoms with E-state index in [2.05, 4.69) is 82.1 Å². The molecule has 0 aliphatic carbocycles. The van der Waals surface area contributed by atoms with Crippen molar-refractivity contribution in [3.8, 4) is 11.1 Å². The molecular formula is C30H38N8. The van der Waals surface area contributed by atoms with Gasteiger partial charge in [0, 0.05) is 69.0 Å². The van der Waals surface area contributed by atoms with Gasteiger partial charge in [0.15, 0.2) is 0 Å². The number of benzene rings is 1. The van der Waals surface area contributed by atoms with Crippen molar-refractivity contribution in [1.29, 1.82) is 0 Å². The highest BCUT2D eigenvalue weighted by molar-refractivity contribution is 5.64. The van der Waals surface area contributed by atoms with Crippen LogP contribution in [0.3, 0.4) is 0 Å². The number of aryl methyl sites for hydroxylation is 3. The van der Waals surface area contributed by atoms with Crippen molar-refractivity contribution in [1.82, 2.24) is 34.4 Å². The van der Waals surface area contributed by atoms with Crippen LogP contribution in [0, 0.1) is 26.7 Å². The minimum absolute atomic E-state index is 0.575. The summed E-state index contributed by atoms with van der Waals surface area (Å²) in [7, 11) is 2.20. The van der Waals surface area contributed by atoms with Crippen LogP contribution in [0.2, 0.25) is 0 Å². The van der Waals surface area contributed by atoms with Crippen LogP contribution >= 0.6 is 0 Å². The van der Waals surface area contributed by atoms with Crippen LogP contribution in [-0.4, -0.2) is 80.7 Å². The molecule has 1 aromatic carbocycles. The van der Waals surface area contributed by atoms with Gasteiger partial charge in [-0.05, 0) is 75.4 Å². The molecule has 0 unspecified atom stereocenters. The van der Waals surface area contributed by atoms with Crippen LogP contribution in [0.25, 0.3) is 16.9 Å². The number of piperazine rings is 1. The van der Waals surface area contributed by atoms with E-state index in [0.717, 1.165) is 81.7 Å². The Balaban J connectivity index is 1.08. The molecule has 2 aliphatic rings. The second-order valence-electron chi connectivity index (χ2n) is 11.1. The second-order valence-corrected chi connectivity index (χ2v) is 11.1. The molecule has 6 rings (SSSR count). The summed E-state index contributed by atoms with van der Waals surface area (Å²) in [5.74, 6) is 3.10. The van der Waals surface area contributed by atoms with Gasteiger partial charge in [0.25, 0.3) is 5.78 Å². The fraction of sp³-hybridized carbons (Fsp3) is 0.467. The predicted molar refractivity (Wildman–Crippen MR) is 151 cm³/mol. The molecule has 0 amide bonds. The van der Waals surface area contributed by atoms with Gasteiger partial charge in [-0.3, -0.25) is 4.90 Å². The Morgan fingerprint density at radius 1 is 0.868 bits per heavy atom. The number of hydrogen-bond donors (Lipinski definition) is 0. The van der Waals surface area contributed by atoms with Gasteiger partial charge in [0.1, 0.15) is 11.6 Å². The zero-order valence-corrected chi connectivity index (χ0v) is 23.1. The number of aromatic nitrogens is 5. The normalized spacial score (nSPS) is 19.1. The highest BCUT2D eigenvalue weighted by Gasteiger charge is 2.26. The van der Waals surface area contributed by atoms with E-state index < -0.39 is 0 Å². The van der Waals surface area contributed by atoms with Crippen LogP contribution in [-0.2, 0) is 13.0 Å². The van der Waals surface area contributed by atoms with Crippen molar-refractivity contribution in [2.45, 2.75) is 40.2 Å². The van der Waals surface area contributed by atoms with E-state index in [1.165, 1.54) is 22.3 Å². The molecule has 0 saturated carbocycles. The summed E-state index contributed by atoms with van der Waals surface area (Å²) < 4.78 is 1.89. The molecule has 0 N–H and O–H groups in total. The molecule has 8 nitrogen and oxygen atoms in total. The average Bonchev–Trinajstić information content (AvgIpc) is 3.55. The Bertz CT molecular complexity index is 1400. The van der Waals surface area contributed by atoms with Crippen molar-refractivity contribution < 1.29 is 0 Å². The standard InChI is InChI=1S/C30H38N8/c1-21-28(22(2)38-30(32-21)33-23(3)34-38)17-25-11-12-37(20-25)29-10-9-27(18-31-29)26-7-5-24(6-8-26)19-36-15-13-35(4)14-16-36/h5-10,18,25H,11-17,19-20H2,1-4H3/t25-/m0/s1. The number of hydrogen-bond acceptors (Lipinski definition) is 7. The third kappa shape index (κ3) is 5.15. The predicted octanol–water partition coefficient (Wildman–Crippen LogP) is 3.93. The zero-order chi connectivity index (χ0) is 26.2. The topological polar surface area (TPSA) is 65.7 Å². The molecule has 3 aromatic heterocycles. The summed E-state index contributed by atoms with van der Waals surface area (Å²) in [6.07, 6.45) is 4.19. The average molecular weight is 511 g/mol. The second kappa shape index (κ2) is 10.4. The fourth-order valence-corrected chi connectivity index (χ4v) is 5.91. The molecule has 0 radical (unpaired) electrons. The number of likely N-dealkylation sites (N-methyl/N-ethyl adjacent to an activating group) is 1. The lowest BCUT2D eigenvalue weighted by Gasteiger charge is -2.32. The minimum Gasteiger partial charge on any atom is -0.356 e. The van der Waals surface area contributed by atoms with Crippen molar-refractivity contribution in [2.24, 2.45) is 5.92 Å². The molecule has 8 heteroatoms. The Kier molecular flexibility index (Phi) is 6.84. The molecule has 198 valence electrons. The number of rotatable bonds is 6. The Hall–Kier alpha value is -3.36. The Morgan fingerprint density at radius 3 is 2.37 bits per heavy atom.